The summed E-state index contributed by atoms with van der Waals surface area (Å²) in [5.74, 6) is 1.32. The topological polar surface area (TPSA) is 73.1 Å². The number of aryl methyl sites for hydroxylation is 1. The Hall–Kier alpha value is -2.21. The van der Waals surface area contributed by atoms with E-state index in [9.17, 15) is 0 Å². The summed E-state index contributed by atoms with van der Waals surface area (Å²) < 4.78 is 11.9. The average molecular weight is 366 g/mol. The summed E-state index contributed by atoms with van der Waals surface area (Å²) in [4.78, 5) is 13.9. The largest absolute Gasteiger partial charge is 0.432 e. The SMILES string of the molecule is CC(C)Cc1nc2oc3c(NC[C@@H]4CCCO4)ncnc3c2c2c1CCC2. The lowest BCUT2D eigenvalue weighted by atomic mass is 9.99. The number of hydrogen-bond donors (Lipinski definition) is 1. The van der Waals surface area contributed by atoms with E-state index in [2.05, 4.69) is 29.1 Å². The fraction of sp³-hybridized carbons (Fsp3) is 0.571. The molecule has 3 aromatic heterocycles. The minimum Gasteiger partial charge on any atom is -0.432 e. The van der Waals surface area contributed by atoms with Gasteiger partial charge in [0.25, 0.3) is 0 Å². The molecule has 142 valence electrons. The highest BCUT2D eigenvalue weighted by molar-refractivity contribution is 6.06. The molecule has 1 saturated heterocycles. The summed E-state index contributed by atoms with van der Waals surface area (Å²) in [7, 11) is 0. The maximum absolute atomic E-state index is 6.21. The third-order valence-corrected chi connectivity index (χ3v) is 5.68. The molecule has 6 nitrogen and oxygen atoms in total. The van der Waals surface area contributed by atoms with Gasteiger partial charge in [-0.15, -0.1) is 0 Å². The van der Waals surface area contributed by atoms with Crippen LogP contribution in [-0.2, 0) is 24.0 Å². The molecule has 1 fully saturated rings. The summed E-state index contributed by atoms with van der Waals surface area (Å²) in [5.41, 5.74) is 6.32. The number of nitrogens with one attached hydrogen (secondary N) is 1. The first kappa shape index (κ1) is 16.9. The molecule has 0 unspecified atom stereocenters. The van der Waals surface area contributed by atoms with Gasteiger partial charge in [0.15, 0.2) is 11.4 Å². The van der Waals surface area contributed by atoms with Crippen molar-refractivity contribution in [2.75, 3.05) is 18.5 Å². The standard InChI is InChI=1S/C21H26N4O2/c1-12(2)9-16-14-6-3-7-15(14)17-18-19(27-21(17)25-16)20(24-11-23-18)22-10-13-5-4-8-26-13/h11-13H,3-10H2,1-2H3,(H,22,23,24)/t13-/m0/s1. The molecule has 0 radical (unpaired) electrons. The predicted molar refractivity (Wildman–Crippen MR) is 105 cm³/mol. The lowest BCUT2D eigenvalue weighted by Gasteiger charge is -2.10. The van der Waals surface area contributed by atoms with Gasteiger partial charge < -0.3 is 14.5 Å². The molecule has 1 aliphatic heterocycles. The predicted octanol–water partition coefficient (Wildman–Crippen LogP) is 4.05. The molecule has 1 aliphatic carbocycles. The Morgan fingerprint density at radius 2 is 2.07 bits per heavy atom. The number of hydrogen-bond acceptors (Lipinski definition) is 6. The molecule has 27 heavy (non-hydrogen) atoms. The summed E-state index contributed by atoms with van der Waals surface area (Å²) >= 11 is 0. The van der Waals surface area contributed by atoms with Crippen LogP contribution >= 0.6 is 0 Å². The molecule has 4 heterocycles. The Kier molecular flexibility index (Phi) is 4.23. The molecule has 0 amide bonds. The van der Waals surface area contributed by atoms with E-state index >= 15 is 0 Å². The van der Waals surface area contributed by atoms with E-state index < -0.39 is 0 Å². The summed E-state index contributed by atoms with van der Waals surface area (Å²) in [5, 5.41) is 4.50. The average Bonchev–Trinajstić information content (AvgIpc) is 3.37. The van der Waals surface area contributed by atoms with Crippen LogP contribution in [-0.4, -0.2) is 34.2 Å². The molecule has 1 atom stereocenters. The van der Waals surface area contributed by atoms with Gasteiger partial charge >= 0.3 is 0 Å². The van der Waals surface area contributed by atoms with Crippen LogP contribution in [0.4, 0.5) is 5.82 Å². The molecule has 6 heteroatoms. The second-order valence-corrected chi connectivity index (χ2v) is 8.17. The summed E-state index contributed by atoms with van der Waals surface area (Å²) in [6.07, 6.45) is 8.46. The quantitative estimate of drug-likeness (QED) is 0.734. The van der Waals surface area contributed by atoms with Crippen molar-refractivity contribution < 1.29 is 9.15 Å². The van der Waals surface area contributed by atoms with Crippen LogP contribution in [0.25, 0.3) is 22.2 Å². The Bertz CT molecular complexity index is 989. The van der Waals surface area contributed by atoms with E-state index in [4.69, 9.17) is 14.1 Å². The molecule has 0 spiro atoms. The Balaban J connectivity index is 1.60. The van der Waals surface area contributed by atoms with Crippen LogP contribution in [0, 0.1) is 5.92 Å². The zero-order valence-corrected chi connectivity index (χ0v) is 16.0. The number of rotatable bonds is 5. The highest BCUT2D eigenvalue weighted by Crippen LogP contribution is 2.38. The van der Waals surface area contributed by atoms with E-state index in [1.807, 2.05) is 0 Å². The highest BCUT2D eigenvalue weighted by Gasteiger charge is 2.26. The van der Waals surface area contributed by atoms with Crippen molar-refractivity contribution in [3.05, 3.63) is 23.1 Å². The summed E-state index contributed by atoms with van der Waals surface area (Å²) in [6, 6.07) is 0. The lowest BCUT2D eigenvalue weighted by molar-refractivity contribution is 0.120. The van der Waals surface area contributed by atoms with Crippen molar-refractivity contribution in [2.24, 2.45) is 5.92 Å². The zero-order chi connectivity index (χ0) is 18.4. The van der Waals surface area contributed by atoms with Crippen LogP contribution in [0.2, 0.25) is 0 Å². The normalized spacial score (nSPS) is 19.4. The van der Waals surface area contributed by atoms with Gasteiger partial charge in [-0.05, 0) is 55.6 Å². The number of aromatic nitrogens is 3. The minimum absolute atomic E-state index is 0.249. The number of anilines is 1. The third-order valence-electron chi connectivity index (χ3n) is 5.68. The van der Waals surface area contributed by atoms with Crippen LogP contribution in [0.3, 0.4) is 0 Å². The highest BCUT2D eigenvalue weighted by atomic mass is 16.5. The Morgan fingerprint density at radius 3 is 2.89 bits per heavy atom. The van der Waals surface area contributed by atoms with Crippen LogP contribution in [0.5, 0.6) is 0 Å². The van der Waals surface area contributed by atoms with E-state index in [1.54, 1.807) is 6.33 Å². The van der Waals surface area contributed by atoms with Crippen molar-refractivity contribution in [3.63, 3.8) is 0 Å². The first-order valence-corrected chi connectivity index (χ1v) is 10.1. The molecule has 5 rings (SSSR count). The number of ether oxygens (including phenoxy) is 1. The smallest absolute Gasteiger partial charge is 0.229 e. The van der Waals surface area contributed by atoms with Gasteiger partial charge in [0.05, 0.1) is 11.5 Å². The first-order valence-electron chi connectivity index (χ1n) is 10.1. The molecule has 1 N–H and O–H groups in total. The van der Waals surface area contributed by atoms with Crippen molar-refractivity contribution in [2.45, 2.75) is 58.5 Å². The molecule has 0 aromatic carbocycles. The molecular formula is C21H26N4O2. The van der Waals surface area contributed by atoms with Gasteiger partial charge in [0.1, 0.15) is 11.8 Å². The Labute approximate surface area is 158 Å². The van der Waals surface area contributed by atoms with Gasteiger partial charge in [-0.1, -0.05) is 13.8 Å². The van der Waals surface area contributed by atoms with E-state index in [1.165, 1.54) is 23.2 Å². The van der Waals surface area contributed by atoms with Crippen molar-refractivity contribution in [3.8, 4) is 0 Å². The summed E-state index contributed by atoms with van der Waals surface area (Å²) in [6.45, 7) is 6.08. The van der Waals surface area contributed by atoms with E-state index in [0.717, 1.165) is 62.0 Å². The number of furan rings is 1. The van der Waals surface area contributed by atoms with Gasteiger partial charge in [-0.3, -0.25) is 0 Å². The second kappa shape index (κ2) is 6.75. The van der Waals surface area contributed by atoms with E-state index in [-0.39, 0.29) is 6.10 Å². The van der Waals surface area contributed by atoms with Gasteiger partial charge in [-0.2, -0.15) is 0 Å². The van der Waals surface area contributed by atoms with Crippen molar-refractivity contribution in [1.29, 1.82) is 0 Å². The minimum atomic E-state index is 0.249. The van der Waals surface area contributed by atoms with Crippen LogP contribution < -0.4 is 5.32 Å². The number of fused-ring (bicyclic) bond motifs is 5. The van der Waals surface area contributed by atoms with Gasteiger partial charge in [-0.25, -0.2) is 15.0 Å². The van der Waals surface area contributed by atoms with Crippen LogP contribution in [0.1, 0.15) is 49.9 Å². The third kappa shape index (κ3) is 2.96. The van der Waals surface area contributed by atoms with Crippen molar-refractivity contribution >= 4 is 28.0 Å². The lowest BCUT2D eigenvalue weighted by Crippen LogP contribution is -2.19. The maximum atomic E-state index is 6.21. The zero-order valence-electron chi connectivity index (χ0n) is 16.0. The monoisotopic (exact) mass is 366 g/mol. The first-order chi connectivity index (χ1) is 13.2. The van der Waals surface area contributed by atoms with E-state index in [0.29, 0.717) is 17.2 Å². The number of nitrogens with zero attached hydrogens (tertiary/aromatic N) is 3. The van der Waals surface area contributed by atoms with Crippen LogP contribution in [0.15, 0.2) is 10.7 Å². The molecule has 0 saturated carbocycles. The maximum Gasteiger partial charge on any atom is 0.229 e. The number of pyridine rings is 1. The second-order valence-electron chi connectivity index (χ2n) is 8.17. The van der Waals surface area contributed by atoms with Gasteiger partial charge in [0.2, 0.25) is 5.71 Å². The molecule has 2 aliphatic rings. The Morgan fingerprint density at radius 1 is 1.19 bits per heavy atom. The fourth-order valence-electron chi connectivity index (χ4n) is 4.47. The molecule has 3 aromatic rings. The molecule has 0 bridgehead atoms. The fourth-order valence-corrected chi connectivity index (χ4v) is 4.47. The van der Waals surface area contributed by atoms with Gasteiger partial charge in [0, 0.05) is 18.8 Å². The molecular weight excluding hydrogens is 340 g/mol. The van der Waals surface area contributed by atoms with Crippen molar-refractivity contribution in [1.82, 2.24) is 15.0 Å².